The molecule has 0 aromatic heterocycles. The largest absolute Gasteiger partial charge is 0.496 e. The Kier molecular flexibility index (Phi) is 7.89. The average Bonchev–Trinajstić information content (AvgIpc) is 2.74. The second-order valence-corrected chi connectivity index (χ2v) is 8.08. The zero-order chi connectivity index (χ0) is 20.6. The van der Waals surface area contributed by atoms with Gasteiger partial charge in [0.1, 0.15) is 5.75 Å². The minimum Gasteiger partial charge on any atom is -0.496 e. The summed E-state index contributed by atoms with van der Waals surface area (Å²) in [7, 11) is 3.38. The number of carbonyl (C=O) groups is 2. The van der Waals surface area contributed by atoms with Crippen LogP contribution in [0.2, 0.25) is 0 Å². The van der Waals surface area contributed by atoms with Gasteiger partial charge in [-0.15, -0.1) is 0 Å². The number of nitrogens with zero attached hydrogens (tertiary/aromatic N) is 1. The first-order chi connectivity index (χ1) is 14.1. The van der Waals surface area contributed by atoms with Gasteiger partial charge in [0.2, 0.25) is 11.8 Å². The van der Waals surface area contributed by atoms with E-state index in [0.717, 1.165) is 50.3 Å². The number of hydrogen-bond acceptors (Lipinski definition) is 5. The molecule has 1 aromatic carbocycles. The summed E-state index contributed by atoms with van der Waals surface area (Å²) in [4.78, 5) is 26.0. The minimum absolute atomic E-state index is 0.0487. The smallest absolute Gasteiger partial charge is 0.224 e. The van der Waals surface area contributed by atoms with Crippen LogP contribution in [0.5, 0.6) is 5.75 Å². The van der Waals surface area contributed by atoms with Crippen molar-refractivity contribution in [2.45, 2.75) is 38.8 Å². The summed E-state index contributed by atoms with van der Waals surface area (Å²) in [6.07, 6.45) is 3.28. The van der Waals surface area contributed by atoms with E-state index in [9.17, 15) is 9.59 Å². The lowest BCUT2D eigenvalue weighted by Gasteiger charge is -2.32. The first-order valence-electron chi connectivity index (χ1n) is 10.5. The highest BCUT2D eigenvalue weighted by Gasteiger charge is 2.26. The van der Waals surface area contributed by atoms with Crippen LogP contribution in [-0.2, 0) is 27.5 Å². The Hall–Kier alpha value is -2.12. The quantitative estimate of drug-likeness (QED) is 0.691. The van der Waals surface area contributed by atoms with Gasteiger partial charge in [0, 0.05) is 38.7 Å². The Morgan fingerprint density at radius 3 is 2.69 bits per heavy atom. The first kappa shape index (κ1) is 21.6. The Balaban J connectivity index is 1.41. The van der Waals surface area contributed by atoms with E-state index in [1.165, 1.54) is 5.56 Å². The van der Waals surface area contributed by atoms with Gasteiger partial charge >= 0.3 is 0 Å². The summed E-state index contributed by atoms with van der Waals surface area (Å²) < 4.78 is 10.7. The number of rotatable bonds is 8. The van der Waals surface area contributed by atoms with E-state index in [-0.39, 0.29) is 17.7 Å². The summed E-state index contributed by atoms with van der Waals surface area (Å²) >= 11 is 0. The van der Waals surface area contributed by atoms with Crippen LogP contribution in [-0.4, -0.2) is 57.1 Å². The van der Waals surface area contributed by atoms with Crippen LogP contribution in [0.4, 0.5) is 0 Å². The zero-order valence-electron chi connectivity index (χ0n) is 17.5. The topological polar surface area (TPSA) is 79.9 Å². The van der Waals surface area contributed by atoms with Crippen molar-refractivity contribution in [3.05, 3.63) is 29.3 Å². The van der Waals surface area contributed by atoms with Crippen molar-refractivity contribution in [2.24, 2.45) is 11.8 Å². The average molecular weight is 404 g/mol. The third kappa shape index (κ3) is 6.18. The molecule has 0 bridgehead atoms. The van der Waals surface area contributed by atoms with Crippen LogP contribution < -0.4 is 15.4 Å². The van der Waals surface area contributed by atoms with Crippen molar-refractivity contribution in [1.82, 2.24) is 15.5 Å². The lowest BCUT2D eigenvalue weighted by Crippen LogP contribution is -2.45. The van der Waals surface area contributed by atoms with Gasteiger partial charge < -0.3 is 20.1 Å². The monoisotopic (exact) mass is 403 g/mol. The molecule has 7 nitrogen and oxygen atoms in total. The SMILES string of the molecule is COCc1cc(CN2CCC(CNC(=O)C3CCC(=O)NC3)CC2)ccc1OC. The van der Waals surface area contributed by atoms with E-state index < -0.39 is 0 Å². The highest BCUT2D eigenvalue weighted by molar-refractivity contribution is 5.83. The van der Waals surface area contributed by atoms with E-state index in [1.807, 2.05) is 6.07 Å². The zero-order valence-corrected chi connectivity index (χ0v) is 17.5. The molecule has 0 spiro atoms. The molecule has 7 heteroatoms. The molecule has 2 aliphatic heterocycles. The maximum Gasteiger partial charge on any atom is 0.224 e. The van der Waals surface area contributed by atoms with Crippen LogP contribution in [0.3, 0.4) is 0 Å². The number of methoxy groups -OCH3 is 2. The van der Waals surface area contributed by atoms with E-state index in [1.54, 1.807) is 14.2 Å². The second kappa shape index (κ2) is 10.6. The van der Waals surface area contributed by atoms with Crippen molar-refractivity contribution >= 4 is 11.8 Å². The maximum atomic E-state index is 12.3. The third-order valence-corrected chi connectivity index (χ3v) is 5.96. The molecule has 2 aliphatic rings. The molecule has 29 heavy (non-hydrogen) atoms. The summed E-state index contributed by atoms with van der Waals surface area (Å²) in [6.45, 7) is 4.73. The van der Waals surface area contributed by atoms with Crippen molar-refractivity contribution in [1.29, 1.82) is 0 Å². The number of carbonyl (C=O) groups excluding carboxylic acids is 2. The Labute approximate surface area is 173 Å². The van der Waals surface area contributed by atoms with Crippen LogP contribution in [0.25, 0.3) is 0 Å². The number of nitrogens with one attached hydrogen (secondary N) is 2. The highest BCUT2D eigenvalue weighted by Crippen LogP contribution is 2.23. The van der Waals surface area contributed by atoms with Gasteiger partial charge in [-0.1, -0.05) is 6.07 Å². The third-order valence-electron chi connectivity index (χ3n) is 5.96. The van der Waals surface area contributed by atoms with Gasteiger partial charge in [0.05, 0.1) is 19.6 Å². The molecule has 2 amide bonds. The molecule has 2 heterocycles. The molecule has 2 fully saturated rings. The lowest BCUT2D eigenvalue weighted by atomic mass is 9.95. The van der Waals surface area contributed by atoms with Crippen LogP contribution in [0.1, 0.15) is 36.8 Å². The summed E-state index contributed by atoms with van der Waals surface area (Å²) in [6, 6.07) is 6.30. The summed E-state index contributed by atoms with van der Waals surface area (Å²) in [5.41, 5.74) is 2.34. The van der Waals surface area contributed by atoms with E-state index in [4.69, 9.17) is 9.47 Å². The van der Waals surface area contributed by atoms with Gasteiger partial charge in [-0.25, -0.2) is 0 Å². The van der Waals surface area contributed by atoms with Gasteiger partial charge in [-0.3, -0.25) is 14.5 Å². The normalized spacial score (nSPS) is 20.9. The maximum absolute atomic E-state index is 12.3. The highest BCUT2D eigenvalue weighted by atomic mass is 16.5. The number of amides is 2. The number of hydrogen-bond donors (Lipinski definition) is 2. The molecule has 0 aliphatic carbocycles. The molecular formula is C22H33N3O4. The molecule has 0 saturated carbocycles. The van der Waals surface area contributed by atoms with Crippen molar-refractivity contribution in [2.75, 3.05) is 40.4 Å². The predicted octanol–water partition coefficient (Wildman–Crippen LogP) is 1.70. The van der Waals surface area contributed by atoms with E-state index in [2.05, 4.69) is 27.7 Å². The van der Waals surface area contributed by atoms with Crippen LogP contribution in [0.15, 0.2) is 18.2 Å². The fraction of sp³-hybridized carbons (Fsp3) is 0.636. The van der Waals surface area contributed by atoms with E-state index in [0.29, 0.717) is 31.9 Å². The number of benzene rings is 1. The van der Waals surface area contributed by atoms with Gasteiger partial charge in [0.25, 0.3) is 0 Å². The van der Waals surface area contributed by atoms with Crippen molar-refractivity contribution in [3.8, 4) is 5.75 Å². The summed E-state index contributed by atoms with van der Waals surface area (Å²) in [5.74, 6) is 1.43. The van der Waals surface area contributed by atoms with Crippen molar-refractivity contribution in [3.63, 3.8) is 0 Å². The van der Waals surface area contributed by atoms with Gasteiger partial charge in [-0.2, -0.15) is 0 Å². The molecule has 2 saturated heterocycles. The van der Waals surface area contributed by atoms with E-state index >= 15 is 0 Å². The predicted molar refractivity (Wildman–Crippen MR) is 110 cm³/mol. The fourth-order valence-electron chi connectivity index (χ4n) is 4.15. The summed E-state index contributed by atoms with van der Waals surface area (Å²) in [5, 5.41) is 5.88. The number of piperidine rings is 2. The molecule has 0 radical (unpaired) electrons. The van der Waals surface area contributed by atoms with Crippen LogP contribution >= 0.6 is 0 Å². The Bertz CT molecular complexity index is 691. The first-order valence-corrected chi connectivity index (χ1v) is 10.5. The molecule has 1 aromatic rings. The van der Waals surface area contributed by atoms with Crippen molar-refractivity contribution < 1.29 is 19.1 Å². The van der Waals surface area contributed by atoms with Gasteiger partial charge in [0.15, 0.2) is 0 Å². The Morgan fingerprint density at radius 1 is 1.24 bits per heavy atom. The molecule has 160 valence electrons. The molecular weight excluding hydrogens is 370 g/mol. The molecule has 3 rings (SSSR count). The lowest BCUT2D eigenvalue weighted by molar-refractivity contribution is -0.129. The standard InChI is InChI=1S/C22H33N3O4/c1-28-15-19-11-17(3-5-20(19)29-2)14-25-9-7-16(8-10-25)12-24-22(27)18-4-6-21(26)23-13-18/h3,5,11,16,18H,4,6-10,12-15H2,1-2H3,(H,23,26)(H,24,27). The second-order valence-electron chi connectivity index (χ2n) is 8.08. The number of likely N-dealkylation sites (tertiary alicyclic amines) is 1. The fourth-order valence-corrected chi connectivity index (χ4v) is 4.15. The Morgan fingerprint density at radius 2 is 2.03 bits per heavy atom. The van der Waals surface area contributed by atoms with Gasteiger partial charge in [-0.05, 0) is 56.0 Å². The number of ether oxygens (including phenoxy) is 2. The molecule has 1 unspecified atom stereocenters. The minimum atomic E-state index is -0.0795. The molecule has 1 atom stereocenters. The van der Waals surface area contributed by atoms with Crippen LogP contribution in [0, 0.1) is 11.8 Å². The molecule has 2 N–H and O–H groups in total.